The lowest BCUT2D eigenvalue weighted by atomic mass is 10.3. The van der Waals surface area contributed by atoms with Gasteiger partial charge in [-0.05, 0) is 11.4 Å². The summed E-state index contributed by atoms with van der Waals surface area (Å²) >= 11 is 3.20. The van der Waals surface area contributed by atoms with E-state index in [-0.39, 0.29) is 5.78 Å². The van der Waals surface area contributed by atoms with E-state index in [1.54, 1.807) is 24.5 Å². The molecule has 0 amide bonds. The molecule has 2 nitrogen and oxygen atoms in total. The van der Waals surface area contributed by atoms with E-state index in [4.69, 9.17) is 0 Å². The molecule has 0 spiro atoms. The third-order valence-corrected chi connectivity index (χ3v) is 3.78. The average Bonchev–Trinajstić information content (AvgIpc) is 2.75. The van der Waals surface area contributed by atoms with E-state index in [9.17, 15) is 4.79 Å². The van der Waals surface area contributed by atoms with Crippen LogP contribution >= 0.6 is 22.7 Å². The maximum Gasteiger partial charge on any atom is 0.171 e. The minimum atomic E-state index is 0.0972. The first-order chi connectivity index (χ1) is 6.75. The summed E-state index contributed by atoms with van der Waals surface area (Å²) in [4.78, 5) is 17.3. The maximum absolute atomic E-state index is 11.0. The van der Waals surface area contributed by atoms with Crippen molar-refractivity contribution in [2.45, 2.75) is 13.3 Å². The van der Waals surface area contributed by atoms with Crippen molar-refractivity contribution < 1.29 is 4.79 Å². The van der Waals surface area contributed by atoms with Gasteiger partial charge in [-0.1, -0.05) is 6.07 Å². The van der Waals surface area contributed by atoms with Gasteiger partial charge in [0.05, 0.1) is 9.88 Å². The summed E-state index contributed by atoms with van der Waals surface area (Å²) in [6.07, 6.45) is 2.51. The molecule has 0 aromatic carbocycles. The maximum atomic E-state index is 11.0. The van der Waals surface area contributed by atoms with Gasteiger partial charge in [-0.3, -0.25) is 4.79 Å². The van der Waals surface area contributed by atoms with Crippen molar-refractivity contribution in [1.82, 2.24) is 4.98 Å². The first-order valence-electron chi connectivity index (χ1n) is 4.24. The third kappa shape index (κ3) is 2.08. The van der Waals surface area contributed by atoms with Crippen LogP contribution in [0.3, 0.4) is 0 Å². The number of aromatic nitrogens is 1. The molecule has 2 rings (SSSR count). The fourth-order valence-corrected chi connectivity index (χ4v) is 2.75. The number of thiazole rings is 1. The van der Waals surface area contributed by atoms with Gasteiger partial charge in [0.15, 0.2) is 5.78 Å². The molecule has 0 saturated heterocycles. The van der Waals surface area contributed by atoms with E-state index in [2.05, 4.69) is 16.4 Å². The molecule has 0 aliphatic rings. The van der Waals surface area contributed by atoms with Gasteiger partial charge in [-0.15, -0.1) is 22.7 Å². The van der Waals surface area contributed by atoms with Crippen molar-refractivity contribution in [2.75, 3.05) is 0 Å². The average molecular weight is 223 g/mol. The first-order valence-corrected chi connectivity index (χ1v) is 5.93. The highest BCUT2D eigenvalue weighted by Gasteiger charge is 2.06. The Kier molecular flexibility index (Phi) is 2.74. The SMILES string of the molecule is CC(=O)c1cnc(Cc2cccs2)s1. The van der Waals surface area contributed by atoms with Gasteiger partial charge >= 0.3 is 0 Å². The second-order valence-corrected chi connectivity index (χ2v) is 5.08. The molecule has 72 valence electrons. The number of Topliss-reactive ketones (excluding diaryl/α,β-unsaturated/α-hetero) is 1. The fourth-order valence-electron chi connectivity index (χ4n) is 1.12. The topological polar surface area (TPSA) is 30.0 Å². The number of carbonyl (C=O) groups is 1. The second-order valence-electron chi connectivity index (χ2n) is 2.93. The predicted molar refractivity (Wildman–Crippen MR) is 59.2 cm³/mol. The monoisotopic (exact) mass is 223 g/mol. The molecular formula is C10H9NOS2. The van der Waals surface area contributed by atoms with E-state index in [1.165, 1.54) is 16.2 Å². The van der Waals surface area contributed by atoms with Gasteiger partial charge < -0.3 is 0 Å². The van der Waals surface area contributed by atoms with Crippen LogP contribution in [-0.2, 0) is 6.42 Å². The summed E-state index contributed by atoms with van der Waals surface area (Å²) in [6.45, 7) is 1.57. The van der Waals surface area contributed by atoms with E-state index in [1.807, 2.05) is 6.07 Å². The number of hydrogen-bond acceptors (Lipinski definition) is 4. The lowest BCUT2D eigenvalue weighted by Crippen LogP contribution is -1.83. The number of carbonyl (C=O) groups excluding carboxylic acids is 1. The van der Waals surface area contributed by atoms with Gasteiger partial charge in [-0.25, -0.2) is 4.98 Å². The number of thiophene rings is 1. The Balaban J connectivity index is 2.14. The zero-order chi connectivity index (χ0) is 9.97. The van der Waals surface area contributed by atoms with Gasteiger partial charge in [-0.2, -0.15) is 0 Å². The Morgan fingerprint density at radius 1 is 1.57 bits per heavy atom. The molecule has 0 aliphatic carbocycles. The second kappa shape index (κ2) is 4.02. The van der Waals surface area contributed by atoms with Crippen LogP contribution < -0.4 is 0 Å². The van der Waals surface area contributed by atoms with E-state index in [0.717, 1.165) is 16.3 Å². The Morgan fingerprint density at radius 2 is 2.43 bits per heavy atom. The third-order valence-electron chi connectivity index (χ3n) is 1.81. The molecule has 0 aliphatic heterocycles. The molecule has 2 aromatic heterocycles. The van der Waals surface area contributed by atoms with Gasteiger partial charge in [0, 0.05) is 24.4 Å². The Morgan fingerprint density at radius 3 is 3.00 bits per heavy atom. The zero-order valence-electron chi connectivity index (χ0n) is 7.69. The standard InChI is InChI=1S/C10H9NOS2/c1-7(12)9-6-11-10(14-9)5-8-3-2-4-13-8/h2-4,6H,5H2,1H3. The lowest BCUT2D eigenvalue weighted by Gasteiger charge is -1.89. The Bertz CT molecular complexity index is 431. The molecule has 2 heterocycles. The first kappa shape index (κ1) is 9.55. The number of hydrogen-bond donors (Lipinski definition) is 0. The van der Waals surface area contributed by atoms with Crippen molar-refractivity contribution in [3.63, 3.8) is 0 Å². The minimum absolute atomic E-state index is 0.0972. The highest BCUT2D eigenvalue weighted by Crippen LogP contribution is 2.19. The smallest absolute Gasteiger partial charge is 0.171 e. The molecular weight excluding hydrogens is 214 g/mol. The highest BCUT2D eigenvalue weighted by atomic mass is 32.1. The number of rotatable bonds is 3. The summed E-state index contributed by atoms with van der Waals surface area (Å²) < 4.78 is 0. The number of ketones is 1. The molecule has 4 heteroatoms. The summed E-state index contributed by atoms with van der Waals surface area (Å²) in [7, 11) is 0. The zero-order valence-corrected chi connectivity index (χ0v) is 9.32. The van der Waals surface area contributed by atoms with Crippen molar-refractivity contribution >= 4 is 28.5 Å². The molecule has 0 saturated carbocycles. The van der Waals surface area contributed by atoms with E-state index in [0.29, 0.717) is 0 Å². The van der Waals surface area contributed by atoms with E-state index >= 15 is 0 Å². The largest absolute Gasteiger partial charge is 0.294 e. The summed E-state index contributed by atoms with van der Waals surface area (Å²) in [6, 6.07) is 4.11. The molecule has 0 radical (unpaired) electrons. The quantitative estimate of drug-likeness (QED) is 0.749. The Labute approximate surface area is 90.2 Å². The molecule has 14 heavy (non-hydrogen) atoms. The van der Waals surface area contributed by atoms with Crippen molar-refractivity contribution in [3.05, 3.63) is 38.5 Å². The predicted octanol–water partition coefficient (Wildman–Crippen LogP) is 3.00. The summed E-state index contributed by atoms with van der Waals surface area (Å²) in [5, 5.41) is 3.06. The molecule has 0 unspecified atom stereocenters. The van der Waals surface area contributed by atoms with Crippen LogP contribution in [0.4, 0.5) is 0 Å². The molecule has 0 N–H and O–H groups in total. The number of nitrogens with zero attached hydrogens (tertiary/aromatic N) is 1. The van der Waals surface area contributed by atoms with Crippen LogP contribution in [0, 0.1) is 0 Å². The van der Waals surface area contributed by atoms with Gasteiger partial charge in [0.2, 0.25) is 0 Å². The van der Waals surface area contributed by atoms with Crippen LogP contribution in [0.2, 0.25) is 0 Å². The highest BCUT2D eigenvalue weighted by molar-refractivity contribution is 7.14. The van der Waals surface area contributed by atoms with Gasteiger partial charge in [0.1, 0.15) is 0 Å². The van der Waals surface area contributed by atoms with Crippen molar-refractivity contribution in [3.8, 4) is 0 Å². The summed E-state index contributed by atoms with van der Waals surface area (Å²) in [5.41, 5.74) is 0. The molecule has 2 aromatic rings. The van der Waals surface area contributed by atoms with Crippen LogP contribution in [0.15, 0.2) is 23.7 Å². The summed E-state index contributed by atoms with van der Waals surface area (Å²) in [5.74, 6) is 0.0972. The lowest BCUT2D eigenvalue weighted by molar-refractivity contribution is 0.102. The molecule has 0 fully saturated rings. The van der Waals surface area contributed by atoms with Crippen molar-refractivity contribution in [1.29, 1.82) is 0 Å². The molecule has 0 atom stereocenters. The Hall–Kier alpha value is -1.00. The molecule has 0 bridgehead atoms. The van der Waals surface area contributed by atoms with Crippen molar-refractivity contribution in [2.24, 2.45) is 0 Å². The van der Waals surface area contributed by atoms with Crippen LogP contribution in [0.1, 0.15) is 26.5 Å². The minimum Gasteiger partial charge on any atom is -0.294 e. The van der Waals surface area contributed by atoms with E-state index < -0.39 is 0 Å². The van der Waals surface area contributed by atoms with Crippen LogP contribution in [-0.4, -0.2) is 10.8 Å². The normalized spacial score (nSPS) is 10.4. The van der Waals surface area contributed by atoms with Gasteiger partial charge in [0.25, 0.3) is 0 Å². The fraction of sp³-hybridized carbons (Fsp3) is 0.200. The van der Waals surface area contributed by atoms with Crippen LogP contribution in [0.5, 0.6) is 0 Å². The van der Waals surface area contributed by atoms with Crippen LogP contribution in [0.25, 0.3) is 0 Å².